The van der Waals surface area contributed by atoms with Gasteiger partial charge in [-0.2, -0.15) is 0 Å². The first-order chi connectivity index (χ1) is 9.40. The second-order valence-electron chi connectivity index (χ2n) is 5.59. The molecule has 1 rings (SSSR count). The lowest BCUT2D eigenvalue weighted by Gasteiger charge is -2.19. The summed E-state index contributed by atoms with van der Waals surface area (Å²) in [7, 11) is 0. The van der Waals surface area contributed by atoms with Crippen LogP contribution in [0.1, 0.15) is 26.3 Å². The molecule has 5 nitrogen and oxygen atoms in total. The second-order valence-corrected chi connectivity index (χ2v) is 5.59. The largest absolute Gasteiger partial charge is 0.444 e. The Labute approximate surface area is 120 Å². The average molecular weight is 279 g/mol. The Morgan fingerprint density at radius 3 is 2.40 bits per heavy atom. The number of anilines is 1. The Hall–Kier alpha value is -1.75. The zero-order valence-electron chi connectivity index (χ0n) is 12.5. The topological polar surface area (TPSA) is 76.4 Å². The Kier molecular flexibility index (Phi) is 6.31. The molecule has 0 aliphatic heterocycles. The maximum absolute atomic E-state index is 11.4. The van der Waals surface area contributed by atoms with Gasteiger partial charge in [0.15, 0.2) is 0 Å². The number of ether oxygens (including phenoxy) is 1. The van der Waals surface area contributed by atoms with Crippen molar-refractivity contribution in [2.75, 3.05) is 25.0 Å². The van der Waals surface area contributed by atoms with Crippen molar-refractivity contribution in [1.82, 2.24) is 5.32 Å². The molecule has 0 unspecified atom stereocenters. The molecule has 0 saturated heterocycles. The van der Waals surface area contributed by atoms with Crippen LogP contribution in [0.15, 0.2) is 24.3 Å². The number of hydrogen-bond donors (Lipinski definition) is 3. The second kappa shape index (κ2) is 7.75. The van der Waals surface area contributed by atoms with Gasteiger partial charge < -0.3 is 21.1 Å². The highest BCUT2D eigenvalue weighted by molar-refractivity contribution is 5.67. The van der Waals surface area contributed by atoms with Crippen molar-refractivity contribution in [3.05, 3.63) is 29.8 Å². The van der Waals surface area contributed by atoms with E-state index < -0.39 is 11.7 Å². The van der Waals surface area contributed by atoms with Gasteiger partial charge in [-0.25, -0.2) is 4.79 Å². The predicted octanol–water partition coefficient (Wildman–Crippen LogP) is 2.12. The minimum absolute atomic E-state index is 0.391. The zero-order chi connectivity index (χ0) is 15.0. The van der Waals surface area contributed by atoms with Gasteiger partial charge in [-0.15, -0.1) is 0 Å². The quantitative estimate of drug-likeness (QED) is 0.697. The van der Waals surface area contributed by atoms with Crippen LogP contribution in [0.4, 0.5) is 10.5 Å². The van der Waals surface area contributed by atoms with E-state index in [-0.39, 0.29) is 0 Å². The van der Waals surface area contributed by atoms with E-state index in [9.17, 15) is 4.79 Å². The first-order valence-corrected chi connectivity index (χ1v) is 6.90. The maximum atomic E-state index is 11.4. The van der Waals surface area contributed by atoms with Gasteiger partial charge in [0.25, 0.3) is 0 Å². The predicted molar refractivity (Wildman–Crippen MR) is 81.9 cm³/mol. The number of rotatable bonds is 6. The zero-order valence-corrected chi connectivity index (χ0v) is 12.5. The summed E-state index contributed by atoms with van der Waals surface area (Å²) >= 11 is 0. The summed E-state index contributed by atoms with van der Waals surface area (Å²) < 4.78 is 5.14. The Bertz CT molecular complexity index is 410. The van der Waals surface area contributed by atoms with E-state index in [2.05, 4.69) is 22.8 Å². The lowest BCUT2D eigenvalue weighted by atomic mass is 10.1. The lowest BCUT2D eigenvalue weighted by Crippen LogP contribution is -2.34. The Morgan fingerprint density at radius 1 is 1.20 bits per heavy atom. The van der Waals surface area contributed by atoms with Gasteiger partial charge >= 0.3 is 6.09 Å². The average Bonchev–Trinajstić information content (AvgIpc) is 2.35. The highest BCUT2D eigenvalue weighted by atomic mass is 16.6. The third-order valence-electron chi connectivity index (χ3n) is 2.51. The standard InChI is InChI=1S/C15H25N3O2/c1-15(2,3)20-14(19)18-11-10-17-13-6-4-12(5-7-13)8-9-16/h4-7,17H,8-11,16H2,1-3H3,(H,18,19). The molecule has 4 N–H and O–H groups in total. The number of hydrogen-bond acceptors (Lipinski definition) is 4. The number of nitrogens with one attached hydrogen (secondary N) is 2. The number of carbonyl (C=O) groups is 1. The van der Waals surface area contributed by atoms with Gasteiger partial charge in [0.1, 0.15) is 5.60 Å². The molecule has 0 aliphatic rings. The summed E-state index contributed by atoms with van der Waals surface area (Å²) in [5.41, 5.74) is 7.29. The highest BCUT2D eigenvalue weighted by Crippen LogP contribution is 2.09. The van der Waals surface area contributed by atoms with Crippen LogP contribution in [0.3, 0.4) is 0 Å². The van der Waals surface area contributed by atoms with E-state index in [0.717, 1.165) is 12.1 Å². The summed E-state index contributed by atoms with van der Waals surface area (Å²) in [6.45, 7) is 7.34. The summed E-state index contributed by atoms with van der Waals surface area (Å²) in [5, 5.41) is 5.93. The van der Waals surface area contributed by atoms with E-state index >= 15 is 0 Å². The minimum Gasteiger partial charge on any atom is -0.444 e. The monoisotopic (exact) mass is 279 g/mol. The molecule has 1 amide bonds. The molecule has 20 heavy (non-hydrogen) atoms. The van der Waals surface area contributed by atoms with Gasteiger partial charge in [-0.3, -0.25) is 0 Å². The fraction of sp³-hybridized carbons (Fsp3) is 0.533. The third-order valence-corrected chi connectivity index (χ3v) is 2.51. The van der Waals surface area contributed by atoms with Crippen LogP contribution in [-0.2, 0) is 11.2 Å². The molecule has 0 aromatic heterocycles. The molecule has 0 bridgehead atoms. The van der Waals surface area contributed by atoms with Crippen molar-refractivity contribution in [3.63, 3.8) is 0 Å². The molecule has 0 radical (unpaired) electrons. The SMILES string of the molecule is CC(C)(C)OC(=O)NCCNc1ccc(CCN)cc1. The molecular formula is C15H25N3O2. The van der Waals surface area contributed by atoms with Crippen molar-refractivity contribution in [2.24, 2.45) is 5.73 Å². The molecule has 1 aromatic rings. The number of nitrogens with two attached hydrogens (primary N) is 1. The first kappa shape index (κ1) is 16.3. The smallest absolute Gasteiger partial charge is 0.407 e. The molecular weight excluding hydrogens is 254 g/mol. The lowest BCUT2D eigenvalue weighted by molar-refractivity contribution is 0.0530. The van der Waals surface area contributed by atoms with Crippen molar-refractivity contribution >= 4 is 11.8 Å². The van der Waals surface area contributed by atoms with Crippen molar-refractivity contribution in [1.29, 1.82) is 0 Å². The number of amides is 1. The molecule has 0 aliphatic carbocycles. The van der Waals surface area contributed by atoms with Crippen LogP contribution in [0, 0.1) is 0 Å². The van der Waals surface area contributed by atoms with Gasteiger partial charge in [0, 0.05) is 18.8 Å². The molecule has 0 saturated carbocycles. The van der Waals surface area contributed by atoms with Crippen LogP contribution in [0.5, 0.6) is 0 Å². The molecule has 5 heteroatoms. The number of benzene rings is 1. The summed E-state index contributed by atoms with van der Waals surface area (Å²) in [6, 6.07) is 8.13. The fourth-order valence-electron chi connectivity index (χ4n) is 1.64. The number of carbonyl (C=O) groups excluding carboxylic acids is 1. The van der Waals surface area contributed by atoms with E-state index in [1.54, 1.807) is 0 Å². The van der Waals surface area contributed by atoms with E-state index in [0.29, 0.717) is 19.6 Å². The summed E-state index contributed by atoms with van der Waals surface area (Å²) in [6.07, 6.45) is 0.498. The van der Waals surface area contributed by atoms with E-state index in [4.69, 9.17) is 10.5 Å². The van der Waals surface area contributed by atoms with E-state index in [1.165, 1.54) is 5.56 Å². The van der Waals surface area contributed by atoms with Crippen LogP contribution >= 0.6 is 0 Å². The maximum Gasteiger partial charge on any atom is 0.407 e. The minimum atomic E-state index is -0.462. The molecule has 0 spiro atoms. The Balaban J connectivity index is 2.22. The molecule has 0 atom stereocenters. The molecule has 1 aromatic carbocycles. The van der Waals surface area contributed by atoms with Gasteiger partial charge in [0.2, 0.25) is 0 Å². The van der Waals surface area contributed by atoms with Gasteiger partial charge in [-0.05, 0) is 51.4 Å². The molecule has 0 heterocycles. The van der Waals surface area contributed by atoms with Gasteiger partial charge in [0.05, 0.1) is 0 Å². The van der Waals surface area contributed by atoms with Crippen molar-refractivity contribution < 1.29 is 9.53 Å². The normalized spacial score (nSPS) is 11.0. The Morgan fingerprint density at radius 2 is 1.85 bits per heavy atom. The van der Waals surface area contributed by atoms with Crippen LogP contribution < -0.4 is 16.4 Å². The van der Waals surface area contributed by atoms with E-state index in [1.807, 2.05) is 32.9 Å². The van der Waals surface area contributed by atoms with Crippen LogP contribution in [0.2, 0.25) is 0 Å². The van der Waals surface area contributed by atoms with Crippen molar-refractivity contribution in [2.45, 2.75) is 32.8 Å². The highest BCUT2D eigenvalue weighted by Gasteiger charge is 2.15. The molecule has 112 valence electrons. The number of alkyl carbamates (subject to hydrolysis) is 1. The fourth-order valence-corrected chi connectivity index (χ4v) is 1.64. The summed E-state index contributed by atoms with van der Waals surface area (Å²) in [5.74, 6) is 0. The summed E-state index contributed by atoms with van der Waals surface area (Å²) in [4.78, 5) is 11.4. The van der Waals surface area contributed by atoms with Crippen LogP contribution in [0.25, 0.3) is 0 Å². The first-order valence-electron chi connectivity index (χ1n) is 6.90. The van der Waals surface area contributed by atoms with Crippen LogP contribution in [-0.4, -0.2) is 31.3 Å². The van der Waals surface area contributed by atoms with Gasteiger partial charge in [-0.1, -0.05) is 12.1 Å². The molecule has 0 fully saturated rings. The third kappa shape index (κ3) is 6.99. The van der Waals surface area contributed by atoms with Crippen molar-refractivity contribution in [3.8, 4) is 0 Å².